The molecular formula is C22H15ClF4N4O3. The molecule has 1 N–H and O–H groups in total. The van der Waals surface area contributed by atoms with Crippen LogP contribution < -0.4 is 10.1 Å². The smallest absolute Gasteiger partial charge is 0.406 e. The summed E-state index contributed by atoms with van der Waals surface area (Å²) in [6, 6.07) is 12.3. The van der Waals surface area contributed by atoms with Crippen LogP contribution in [0.3, 0.4) is 0 Å². The number of nitrogens with one attached hydrogen (secondary N) is 1. The van der Waals surface area contributed by atoms with Crippen LogP contribution in [0, 0.1) is 5.82 Å². The van der Waals surface area contributed by atoms with E-state index in [2.05, 4.69) is 20.2 Å². The second-order valence-electron chi connectivity index (χ2n) is 7.03. The van der Waals surface area contributed by atoms with Crippen molar-refractivity contribution in [2.75, 3.05) is 0 Å². The van der Waals surface area contributed by atoms with E-state index in [9.17, 15) is 22.4 Å². The molecule has 0 aliphatic carbocycles. The summed E-state index contributed by atoms with van der Waals surface area (Å²) in [6.07, 6.45) is -3.14. The molecule has 0 unspecified atom stereocenters. The first-order valence-electron chi connectivity index (χ1n) is 9.74. The highest BCUT2D eigenvalue weighted by Crippen LogP contribution is 2.27. The summed E-state index contributed by atoms with van der Waals surface area (Å²) in [6.45, 7) is 0.0512. The van der Waals surface area contributed by atoms with Gasteiger partial charge in [-0.2, -0.15) is 4.98 Å². The van der Waals surface area contributed by atoms with Crippen molar-refractivity contribution in [3.8, 4) is 28.7 Å². The van der Waals surface area contributed by atoms with Crippen LogP contribution in [0.5, 0.6) is 5.75 Å². The SMILES string of the molecule is O=C(Cn1cccc1-c1nc(-c2ccc(OC(F)(F)F)cc2)no1)NCc1ccc(F)cc1Cl. The fraction of sp³-hybridized carbons (Fsp3) is 0.136. The number of benzene rings is 2. The molecule has 34 heavy (non-hydrogen) atoms. The molecule has 0 bridgehead atoms. The molecule has 7 nitrogen and oxygen atoms in total. The van der Waals surface area contributed by atoms with Crippen LogP contribution in [-0.2, 0) is 17.9 Å². The van der Waals surface area contributed by atoms with Crippen LogP contribution in [0.4, 0.5) is 17.6 Å². The van der Waals surface area contributed by atoms with E-state index in [1.165, 1.54) is 24.3 Å². The van der Waals surface area contributed by atoms with Crippen molar-refractivity contribution in [1.29, 1.82) is 0 Å². The molecule has 12 heteroatoms. The first kappa shape index (κ1) is 23.3. The van der Waals surface area contributed by atoms with Gasteiger partial charge in [0.2, 0.25) is 11.7 Å². The molecule has 0 saturated carbocycles. The Labute approximate surface area is 194 Å². The standard InChI is InChI=1S/C22H15ClF4N4O3/c23-17-10-15(24)6-3-14(17)11-28-19(32)12-31-9-1-2-18(31)21-29-20(30-34-21)13-4-7-16(8-5-13)33-22(25,26)27/h1-10H,11-12H2,(H,28,32). The number of carbonyl (C=O) groups is 1. The molecule has 4 rings (SSSR count). The third kappa shape index (κ3) is 5.73. The largest absolute Gasteiger partial charge is 0.573 e. The molecule has 0 aliphatic heterocycles. The minimum atomic E-state index is -4.79. The van der Waals surface area contributed by atoms with Gasteiger partial charge in [-0.1, -0.05) is 22.8 Å². The van der Waals surface area contributed by atoms with Crippen molar-refractivity contribution in [3.05, 3.63) is 77.2 Å². The number of halogens is 5. The van der Waals surface area contributed by atoms with Crippen LogP contribution >= 0.6 is 11.6 Å². The van der Waals surface area contributed by atoms with Crippen molar-refractivity contribution in [1.82, 2.24) is 20.0 Å². The fourth-order valence-electron chi connectivity index (χ4n) is 3.07. The van der Waals surface area contributed by atoms with Crippen LogP contribution in [0.25, 0.3) is 23.0 Å². The van der Waals surface area contributed by atoms with Gasteiger partial charge in [-0.25, -0.2) is 4.39 Å². The zero-order valence-electron chi connectivity index (χ0n) is 17.1. The Morgan fingerprint density at radius 2 is 1.91 bits per heavy atom. The maximum absolute atomic E-state index is 13.1. The lowest BCUT2D eigenvalue weighted by molar-refractivity contribution is -0.274. The van der Waals surface area contributed by atoms with Crippen LogP contribution in [0.2, 0.25) is 5.02 Å². The van der Waals surface area contributed by atoms with E-state index in [-0.39, 0.29) is 41.5 Å². The van der Waals surface area contributed by atoms with E-state index in [1.54, 1.807) is 22.9 Å². The molecule has 2 aromatic carbocycles. The van der Waals surface area contributed by atoms with Gasteiger partial charge in [-0.3, -0.25) is 4.79 Å². The first-order chi connectivity index (χ1) is 16.2. The van der Waals surface area contributed by atoms with Gasteiger partial charge in [0.1, 0.15) is 23.8 Å². The summed E-state index contributed by atoms with van der Waals surface area (Å²) in [7, 11) is 0. The zero-order valence-corrected chi connectivity index (χ0v) is 17.9. The van der Waals surface area contributed by atoms with E-state index >= 15 is 0 Å². The number of rotatable bonds is 7. The number of hydrogen-bond acceptors (Lipinski definition) is 5. The Bertz CT molecular complexity index is 1300. The molecule has 2 aromatic heterocycles. The summed E-state index contributed by atoms with van der Waals surface area (Å²) in [5.41, 5.74) is 1.44. The van der Waals surface area contributed by atoms with Gasteiger partial charge in [0.05, 0.1) is 0 Å². The molecule has 0 radical (unpaired) electrons. The van der Waals surface area contributed by atoms with Gasteiger partial charge in [-0.05, 0) is 54.1 Å². The number of ether oxygens (including phenoxy) is 1. The van der Waals surface area contributed by atoms with Gasteiger partial charge in [0.15, 0.2) is 0 Å². The predicted octanol–water partition coefficient (Wildman–Crippen LogP) is 5.21. The lowest BCUT2D eigenvalue weighted by Gasteiger charge is -2.09. The van der Waals surface area contributed by atoms with E-state index < -0.39 is 12.2 Å². The highest BCUT2D eigenvalue weighted by Gasteiger charge is 2.31. The van der Waals surface area contributed by atoms with Crippen LogP contribution in [0.15, 0.2) is 65.3 Å². The maximum atomic E-state index is 13.1. The number of aromatic nitrogens is 3. The molecule has 0 saturated heterocycles. The lowest BCUT2D eigenvalue weighted by Crippen LogP contribution is -2.27. The summed E-state index contributed by atoms with van der Waals surface area (Å²) in [5, 5.41) is 6.76. The number of nitrogens with zero attached hydrogens (tertiary/aromatic N) is 3. The fourth-order valence-corrected chi connectivity index (χ4v) is 3.30. The molecule has 176 valence electrons. The van der Waals surface area contributed by atoms with Gasteiger partial charge >= 0.3 is 6.36 Å². The van der Waals surface area contributed by atoms with E-state index in [4.69, 9.17) is 16.1 Å². The molecule has 0 atom stereocenters. The van der Waals surface area contributed by atoms with Crippen LogP contribution in [0.1, 0.15) is 5.56 Å². The van der Waals surface area contributed by atoms with Crippen molar-refractivity contribution in [2.45, 2.75) is 19.5 Å². The molecule has 0 spiro atoms. The van der Waals surface area contributed by atoms with Gasteiger partial charge in [0, 0.05) is 23.3 Å². The maximum Gasteiger partial charge on any atom is 0.573 e. The van der Waals surface area contributed by atoms with Gasteiger partial charge < -0.3 is 19.1 Å². The number of hydrogen-bond donors (Lipinski definition) is 1. The first-order valence-corrected chi connectivity index (χ1v) is 10.1. The summed E-state index contributed by atoms with van der Waals surface area (Å²) in [4.78, 5) is 16.7. The van der Waals surface area contributed by atoms with Gasteiger partial charge in [-0.15, -0.1) is 13.2 Å². The Morgan fingerprint density at radius 3 is 2.62 bits per heavy atom. The molecule has 2 heterocycles. The Hall–Kier alpha value is -3.86. The zero-order chi connectivity index (χ0) is 24.3. The minimum Gasteiger partial charge on any atom is -0.406 e. The van der Waals surface area contributed by atoms with Crippen molar-refractivity contribution in [2.24, 2.45) is 0 Å². The Morgan fingerprint density at radius 1 is 1.15 bits per heavy atom. The summed E-state index contributed by atoms with van der Waals surface area (Å²) in [5.74, 6) is -0.914. The van der Waals surface area contributed by atoms with Crippen molar-refractivity contribution in [3.63, 3.8) is 0 Å². The Kier molecular flexibility index (Phi) is 6.55. The molecule has 0 fully saturated rings. The Balaban J connectivity index is 1.42. The van der Waals surface area contributed by atoms with E-state index in [1.807, 2.05) is 0 Å². The number of alkyl halides is 3. The normalized spacial score (nSPS) is 11.4. The third-order valence-corrected chi connectivity index (χ3v) is 4.98. The lowest BCUT2D eigenvalue weighted by atomic mass is 10.2. The topological polar surface area (TPSA) is 82.2 Å². The average molecular weight is 495 g/mol. The van der Waals surface area contributed by atoms with Crippen LogP contribution in [-0.4, -0.2) is 27.0 Å². The van der Waals surface area contributed by atoms with Gasteiger partial charge in [0.25, 0.3) is 5.89 Å². The summed E-state index contributed by atoms with van der Waals surface area (Å²) < 4.78 is 60.8. The highest BCUT2D eigenvalue weighted by molar-refractivity contribution is 6.31. The van der Waals surface area contributed by atoms with E-state index in [0.29, 0.717) is 16.8 Å². The van der Waals surface area contributed by atoms with Crippen molar-refractivity contribution >= 4 is 17.5 Å². The van der Waals surface area contributed by atoms with E-state index in [0.717, 1.165) is 18.2 Å². The second kappa shape index (κ2) is 9.56. The second-order valence-corrected chi connectivity index (χ2v) is 7.44. The van der Waals surface area contributed by atoms with Crippen molar-refractivity contribution < 1.29 is 31.6 Å². The minimum absolute atomic E-state index is 0.0671. The number of amides is 1. The summed E-state index contributed by atoms with van der Waals surface area (Å²) >= 11 is 5.97. The number of carbonyl (C=O) groups excluding carboxylic acids is 1. The highest BCUT2D eigenvalue weighted by atomic mass is 35.5. The molecule has 0 aliphatic rings. The average Bonchev–Trinajstić information content (AvgIpc) is 3.42. The monoisotopic (exact) mass is 494 g/mol. The molecular weight excluding hydrogens is 480 g/mol. The predicted molar refractivity (Wildman–Crippen MR) is 113 cm³/mol. The third-order valence-electron chi connectivity index (χ3n) is 4.63. The molecule has 4 aromatic rings. The quantitative estimate of drug-likeness (QED) is 0.357. The molecule has 1 amide bonds.